The van der Waals surface area contributed by atoms with Crippen molar-refractivity contribution in [2.45, 2.75) is 6.61 Å². The van der Waals surface area contributed by atoms with Gasteiger partial charge in [0, 0.05) is 30.1 Å². The molecule has 3 rings (SSSR count). The van der Waals surface area contributed by atoms with Crippen molar-refractivity contribution in [2.75, 3.05) is 21.3 Å². The highest BCUT2D eigenvalue weighted by Gasteiger charge is 2.10. The summed E-state index contributed by atoms with van der Waals surface area (Å²) in [6, 6.07) is 12.9. The van der Waals surface area contributed by atoms with Gasteiger partial charge >= 0.3 is 5.97 Å². The molecule has 0 saturated heterocycles. The van der Waals surface area contributed by atoms with Crippen LogP contribution >= 0.6 is 0 Å². The molecular formula is C22H22N2O5. The van der Waals surface area contributed by atoms with E-state index >= 15 is 0 Å². The molecule has 0 N–H and O–H groups in total. The summed E-state index contributed by atoms with van der Waals surface area (Å²) in [6.45, 7) is 0.172. The Morgan fingerprint density at radius 2 is 1.69 bits per heavy atom. The van der Waals surface area contributed by atoms with E-state index in [-0.39, 0.29) is 6.61 Å². The van der Waals surface area contributed by atoms with Gasteiger partial charge in [-0.1, -0.05) is 12.1 Å². The Morgan fingerprint density at radius 3 is 2.31 bits per heavy atom. The van der Waals surface area contributed by atoms with Gasteiger partial charge in [-0.25, -0.2) is 9.48 Å². The molecule has 0 amide bonds. The molecule has 150 valence electrons. The van der Waals surface area contributed by atoms with Crippen LogP contribution in [0.25, 0.3) is 11.8 Å². The maximum absolute atomic E-state index is 12.1. The van der Waals surface area contributed by atoms with Crippen LogP contribution in [-0.2, 0) is 16.1 Å². The van der Waals surface area contributed by atoms with E-state index < -0.39 is 5.97 Å². The van der Waals surface area contributed by atoms with Crippen LogP contribution in [0, 0.1) is 0 Å². The minimum absolute atomic E-state index is 0.172. The third-order valence-corrected chi connectivity index (χ3v) is 4.22. The first-order chi connectivity index (χ1) is 14.1. The van der Waals surface area contributed by atoms with E-state index in [1.165, 1.54) is 6.08 Å². The van der Waals surface area contributed by atoms with Gasteiger partial charge in [-0.2, -0.15) is 5.10 Å². The van der Waals surface area contributed by atoms with E-state index in [1.807, 2.05) is 36.5 Å². The van der Waals surface area contributed by atoms with Gasteiger partial charge in [0.1, 0.15) is 12.4 Å². The Bertz CT molecular complexity index is 979. The molecule has 0 aliphatic carbocycles. The molecule has 3 aromatic rings. The first-order valence-electron chi connectivity index (χ1n) is 8.88. The molecule has 1 heterocycles. The molecule has 0 fully saturated rings. The minimum atomic E-state index is -0.460. The standard InChI is InChI=1S/C22H22N2O5/c1-26-19-14-21(28-3)20(27-2)13-17(19)7-10-22(25)29-15-16-5-8-18(9-6-16)24-12-4-11-23-24/h4-14H,15H2,1-3H3/b10-7+. The van der Waals surface area contributed by atoms with Gasteiger partial charge in [0.05, 0.1) is 27.0 Å². The number of hydrogen-bond acceptors (Lipinski definition) is 6. The molecule has 0 spiro atoms. The van der Waals surface area contributed by atoms with E-state index in [1.54, 1.807) is 50.4 Å². The highest BCUT2D eigenvalue weighted by Crippen LogP contribution is 2.35. The van der Waals surface area contributed by atoms with Crippen LogP contribution in [0.3, 0.4) is 0 Å². The van der Waals surface area contributed by atoms with Crippen LogP contribution in [0.2, 0.25) is 0 Å². The molecule has 1 aromatic heterocycles. The van der Waals surface area contributed by atoms with Crippen molar-refractivity contribution < 1.29 is 23.7 Å². The Balaban J connectivity index is 1.62. The maximum atomic E-state index is 12.1. The predicted molar refractivity (Wildman–Crippen MR) is 108 cm³/mol. The number of aromatic nitrogens is 2. The average molecular weight is 394 g/mol. The molecule has 0 atom stereocenters. The summed E-state index contributed by atoms with van der Waals surface area (Å²) >= 11 is 0. The van der Waals surface area contributed by atoms with E-state index in [0.717, 1.165) is 11.3 Å². The Labute approximate surface area is 169 Å². The number of esters is 1. The Morgan fingerprint density at radius 1 is 1.00 bits per heavy atom. The second-order valence-corrected chi connectivity index (χ2v) is 6.01. The van der Waals surface area contributed by atoms with Crippen molar-refractivity contribution in [3.05, 3.63) is 72.1 Å². The molecule has 0 radical (unpaired) electrons. The summed E-state index contributed by atoms with van der Waals surface area (Å²) in [5.74, 6) is 1.18. The topological polar surface area (TPSA) is 71.8 Å². The summed E-state index contributed by atoms with van der Waals surface area (Å²) in [5, 5.41) is 4.18. The van der Waals surface area contributed by atoms with Crippen molar-refractivity contribution >= 4 is 12.0 Å². The van der Waals surface area contributed by atoms with Crippen LogP contribution < -0.4 is 14.2 Å². The van der Waals surface area contributed by atoms with Crippen molar-refractivity contribution in [3.63, 3.8) is 0 Å². The first kappa shape index (κ1) is 20.0. The average Bonchev–Trinajstić information content (AvgIpc) is 3.30. The van der Waals surface area contributed by atoms with Crippen LogP contribution in [0.5, 0.6) is 17.2 Å². The van der Waals surface area contributed by atoms with Gasteiger partial charge in [0.25, 0.3) is 0 Å². The van der Waals surface area contributed by atoms with Crippen molar-refractivity contribution in [1.29, 1.82) is 0 Å². The van der Waals surface area contributed by atoms with Crippen molar-refractivity contribution in [2.24, 2.45) is 0 Å². The molecule has 0 aliphatic heterocycles. The van der Waals surface area contributed by atoms with Crippen LogP contribution in [0.4, 0.5) is 0 Å². The minimum Gasteiger partial charge on any atom is -0.496 e. The number of carbonyl (C=O) groups excluding carboxylic acids is 1. The van der Waals surface area contributed by atoms with Crippen LogP contribution in [0.1, 0.15) is 11.1 Å². The van der Waals surface area contributed by atoms with E-state index in [9.17, 15) is 4.79 Å². The smallest absolute Gasteiger partial charge is 0.331 e. The van der Waals surface area contributed by atoms with Gasteiger partial charge in [-0.15, -0.1) is 0 Å². The second-order valence-electron chi connectivity index (χ2n) is 6.01. The normalized spacial score (nSPS) is 10.7. The second kappa shape index (κ2) is 9.45. The molecule has 7 heteroatoms. The number of benzene rings is 2. The third kappa shape index (κ3) is 4.95. The van der Waals surface area contributed by atoms with Gasteiger partial charge in [0.2, 0.25) is 0 Å². The summed E-state index contributed by atoms with van der Waals surface area (Å²) in [5.41, 5.74) is 2.49. The van der Waals surface area contributed by atoms with E-state index in [2.05, 4.69) is 5.10 Å². The summed E-state index contributed by atoms with van der Waals surface area (Å²) < 4.78 is 23.0. The molecular weight excluding hydrogens is 372 g/mol. The molecule has 0 unspecified atom stereocenters. The Kier molecular flexibility index (Phi) is 6.52. The number of carbonyl (C=O) groups is 1. The number of nitrogens with zero attached hydrogens (tertiary/aromatic N) is 2. The molecule has 0 aliphatic rings. The lowest BCUT2D eigenvalue weighted by atomic mass is 10.1. The van der Waals surface area contributed by atoms with Crippen LogP contribution in [-0.4, -0.2) is 37.1 Å². The Hall–Kier alpha value is -3.74. The molecule has 29 heavy (non-hydrogen) atoms. The molecule has 0 bridgehead atoms. The lowest BCUT2D eigenvalue weighted by Gasteiger charge is -2.12. The fraction of sp³-hybridized carbons (Fsp3) is 0.182. The van der Waals surface area contributed by atoms with Gasteiger partial charge in [0.15, 0.2) is 11.5 Å². The number of rotatable bonds is 8. The van der Waals surface area contributed by atoms with Crippen molar-refractivity contribution in [1.82, 2.24) is 9.78 Å². The zero-order chi connectivity index (χ0) is 20.6. The van der Waals surface area contributed by atoms with E-state index in [0.29, 0.717) is 22.8 Å². The highest BCUT2D eigenvalue weighted by atomic mass is 16.5. The third-order valence-electron chi connectivity index (χ3n) is 4.22. The molecule has 2 aromatic carbocycles. The fourth-order valence-corrected chi connectivity index (χ4v) is 2.71. The van der Waals surface area contributed by atoms with Gasteiger partial charge in [-0.05, 0) is 35.9 Å². The zero-order valence-corrected chi connectivity index (χ0v) is 16.5. The largest absolute Gasteiger partial charge is 0.496 e. The number of ether oxygens (including phenoxy) is 4. The van der Waals surface area contributed by atoms with Gasteiger partial charge < -0.3 is 18.9 Å². The zero-order valence-electron chi connectivity index (χ0n) is 16.5. The maximum Gasteiger partial charge on any atom is 0.331 e. The quantitative estimate of drug-likeness (QED) is 0.429. The lowest BCUT2D eigenvalue weighted by Crippen LogP contribution is -2.01. The molecule has 7 nitrogen and oxygen atoms in total. The lowest BCUT2D eigenvalue weighted by molar-refractivity contribution is -0.138. The van der Waals surface area contributed by atoms with Crippen molar-refractivity contribution in [3.8, 4) is 22.9 Å². The number of hydrogen-bond donors (Lipinski definition) is 0. The summed E-state index contributed by atoms with van der Waals surface area (Å²) in [6.07, 6.45) is 6.55. The predicted octanol–water partition coefficient (Wildman–Crippen LogP) is 3.65. The first-order valence-corrected chi connectivity index (χ1v) is 8.88. The highest BCUT2D eigenvalue weighted by molar-refractivity contribution is 5.87. The number of methoxy groups -OCH3 is 3. The SMILES string of the molecule is COc1cc(OC)c(OC)cc1/C=C/C(=O)OCc1ccc(-n2cccn2)cc1. The van der Waals surface area contributed by atoms with E-state index in [4.69, 9.17) is 18.9 Å². The van der Waals surface area contributed by atoms with Gasteiger partial charge in [-0.3, -0.25) is 0 Å². The van der Waals surface area contributed by atoms with Crippen LogP contribution in [0.15, 0.2) is 60.9 Å². The summed E-state index contributed by atoms with van der Waals surface area (Å²) in [7, 11) is 4.64. The summed E-state index contributed by atoms with van der Waals surface area (Å²) in [4.78, 5) is 12.1. The fourth-order valence-electron chi connectivity index (χ4n) is 2.71. The molecule has 0 saturated carbocycles. The monoisotopic (exact) mass is 394 g/mol.